The number of nitrogens with one attached hydrogen (secondary N) is 2. The Kier molecular flexibility index (Phi) is 12.8. The lowest BCUT2D eigenvalue weighted by Gasteiger charge is -2.42. The van der Waals surface area contributed by atoms with Crippen LogP contribution < -0.4 is 10.6 Å². The highest BCUT2D eigenvalue weighted by Gasteiger charge is 2.37. The number of halogens is 1. The Bertz CT molecular complexity index is 2810. The van der Waals surface area contributed by atoms with Crippen LogP contribution >= 0.6 is 11.6 Å². The number of hydrogen-bond acceptors (Lipinski definition) is 9. The molecule has 0 bridgehead atoms. The van der Waals surface area contributed by atoms with Gasteiger partial charge in [-0.05, 0) is 118 Å². The van der Waals surface area contributed by atoms with E-state index in [1.54, 1.807) is 23.0 Å². The van der Waals surface area contributed by atoms with Crippen LogP contribution in [-0.4, -0.2) is 89.4 Å². The average molecular weight is 894 g/mol. The second-order valence-electron chi connectivity index (χ2n) is 18.0. The monoisotopic (exact) mass is 892 g/mol. The Hall–Kier alpha value is -6.47. The van der Waals surface area contributed by atoms with Crippen molar-refractivity contribution >= 4 is 46.3 Å². The molecule has 2 amide bonds. The Morgan fingerprint density at radius 2 is 1.49 bits per heavy atom. The lowest BCUT2D eigenvalue weighted by atomic mass is 9.85. The zero-order valence-electron chi connectivity index (χ0n) is 37.8. The van der Waals surface area contributed by atoms with Crippen LogP contribution in [0.2, 0.25) is 5.02 Å². The Balaban J connectivity index is 0.955. The molecule has 4 unspecified atom stereocenters. The highest BCUT2D eigenvalue weighted by atomic mass is 35.5. The molecule has 0 aliphatic carbocycles. The summed E-state index contributed by atoms with van der Waals surface area (Å²) in [4.78, 5) is 42.9. The molecule has 2 aliphatic rings. The van der Waals surface area contributed by atoms with E-state index in [9.17, 15) is 9.59 Å². The first-order chi connectivity index (χ1) is 31.5. The minimum absolute atomic E-state index is 0.0170. The summed E-state index contributed by atoms with van der Waals surface area (Å²) in [5, 5.41) is 16.8. The van der Waals surface area contributed by atoms with Gasteiger partial charge in [-0.1, -0.05) is 60.0 Å². The molecule has 2 N–H and O–H groups in total. The van der Waals surface area contributed by atoms with Crippen molar-refractivity contribution in [2.75, 3.05) is 36.8 Å². The third kappa shape index (κ3) is 9.52. The van der Waals surface area contributed by atoms with E-state index in [1.165, 1.54) is 0 Å². The van der Waals surface area contributed by atoms with Crippen LogP contribution in [0.25, 0.3) is 33.5 Å². The maximum Gasteiger partial charge on any atom is 0.295 e. The van der Waals surface area contributed by atoms with E-state index in [2.05, 4.69) is 55.9 Å². The molecule has 0 spiro atoms. The van der Waals surface area contributed by atoms with Gasteiger partial charge in [0.2, 0.25) is 0 Å². The zero-order chi connectivity index (χ0) is 45.2. The van der Waals surface area contributed by atoms with Crippen molar-refractivity contribution in [2.45, 2.75) is 78.4 Å². The van der Waals surface area contributed by atoms with Crippen molar-refractivity contribution in [3.63, 3.8) is 0 Å². The Labute approximate surface area is 385 Å². The van der Waals surface area contributed by atoms with Crippen molar-refractivity contribution in [3.8, 4) is 22.4 Å². The Morgan fingerprint density at radius 3 is 2.23 bits per heavy atom. The van der Waals surface area contributed by atoms with Crippen molar-refractivity contribution in [1.82, 2.24) is 39.3 Å². The van der Waals surface area contributed by atoms with Gasteiger partial charge in [-0.15, -0.1) is 0 Å². The first kappa shape index (κ1) is 43.8. The predicted molar refractivity (Wildman–Crippen MR) is 256 cm³/mol. The molecule has 0 saturated carbocycles. The summed E-state index contributed by atoms with van der Waals surface area (Å²) in [6.07, 6.45) is 12.2. The van der Waals surface area contributed by atoms with Gasteiger partial charge in [-0.3, -0.25) is 19.0 Å². The van der Waals surface area contributed by atoms with Gasteiger partial charge in [0.25, 0.3) is 17.8 Å². The summed E-state index contributed by atoms with van der Waals surface area (Å²) in [5.41, 5.74) is 9.30. The van der Waals surface area contributed by atoms with Crippen LogP contribution in [0.4, 0.5) is 11.8 Å². The summed E-state index contributed by atoms with van der Waals surface area (Å²) < 4.78 is 9.86. The Morgan fingerprint density at radius 1 is 0.785 bits per heavy atom. The molecular formula is C51H57ClN10O3. The molecule has 2 saturated heterocycles. The number of hydrogen-bond donors (Lipinski definition) is 2. The van der Waals surface area contributed by atoms with Crippen molar-refractivity contribution < 1.29 is 14.0 Å². The summed E-state index contributed by atoms with van der Waals surface area (Å²) in [6.45, 7) is 11.3. The minimum Gasteiger partial charge on any atom is -0.424 e. The van der Waals surface area contributed by atoms with Gasteiger partial charge in [0.05, 0.1) is 24.0 Å². The van der Waals surface area contributed by atoms with E-state index >= 15 is 0 Å². The number of amides is 2. The number of rotatable bonds is 13. The summed E-state index contributed by atoms with van der Waals surface area (Å²) in [7, 11) is 1.90. The van der Waals surface area contributed by atoms with Crippen molar-refractivity contribution in [1.29, 1.82) is 0 Å². The fraction of sp³-hybridized carbons (Fsp3) is 0.373. The van der Waals surface area contributed by atoms with Gasteiger partial charge in [0.1, 0.15) is 11.3 Å². The van der Waals surface area contributed by atoms with Crippen LogP contribution in [0.1, 0.15) is 76.4 Å². The highest BCUT2D eigenvalue weighted by molar-refractivity contribution is 6.31. The second-order valence-corrected chi connectivity index (χ2v) is 18.4. The van der Waals surface area contributed by atoms with E-state index < -0.39 is 0 Å². The quantitative estimate of drug-likeness (QED) is 0.116. The maximum atomic E-state index is 14.9. The fourth-order valence-corrected chi connectivity index (χ4v) is 9.95. The molecule has 9 rings (SSSR count). The number of benzene rings is 3. The van der Waals surface area contributed by atoms with Gasteiger partial charge in [0, 0.05) is 85.6 Å². The van der Waals surface area contributed by atoms with Crippen LogP contribution in [0, 0.1) is 32.6 Å². The number of aryl methyl sites for hydroxylation is 5. The van der Waals surface area contributed by atoms with Gasteiger partial charge in [0.15, 0.2) is 5.58 Å². The number of piperidine rings is 2. The van der Waals surface area contributed by atoms with E-state index in [4.69, 9.17) is 21.1 Å². The number of anilines is 2. The lowest BCUT2D eigenvalue weighted by Crippen LogP contribution is -2.52. The van der Waals surface area contributed by atoms with Crippen molar-refractivity contribution in [2.24, 2.45) is 18.9 Å². The number of pyridine rings is 1. The highest BCUT2D eigenvalue weighted by Crippen LogP contribution is 2.34. The third-order valence-corrected chi connectivity index (χ3v) is 13.6. The van der Waals surface area contributed by atoms with E-state index in [1.807, 2.05) is 98.3 Å². The number of fused-ring (bicyclic) bond motifs is 1. The first-order valence-corrected chi connectivity index (χ1v) is 23.2. The van der Waals surface area contributed by atoms with Crippen molar-refractivity contribution in [3.05, 3.63) is 130 Å². The number of carbonyl (C=O) groups excluding carboxylic acids is 2. The molecule has 336 valence electrons. The van der Waals surface area contributed by atoms with Gasteiger partial charge < -0.3 is 24.9 Å². The van der Waals surface area contributed by atoms with Gasteiger partial charge in [-0.25, -0.2) is 4.98 Å². The SMILES string of the molecule is Cc1ccc(NCC2C(C)CCCN2C(=O)c2cc(C)ccc2-c2cnn(CCC3CCCN(C(=O)c4cc(C)ccc4-c4ccnn4C)C3CNc3nc4cc(Cl)ccc4o3)c2)nc1. The largest absolute Gasteiger partial charge is 0.424 e. The molecule has 65 heavy (non-hydrogen) atoms. The smallest absolute Gasteiger partial charge is 0.295 e. The predicted octanol–water partition coefficient (Wildman–Crippen LogP) is 9.84. The van der Waals surface area contributed by atoms with Crippen LogP contribution in [0.5, 0.6) is 0 Å². The van der Waals surface area contributed by atoms with Gasteiger partial charge >= 0.3 is 0 Å². The lowest BCUT2D eigenvalue weighted by molar-refractivity contribution is 0.0499. The zero-order valence-corrected chi connectivity index (χ0v) is 38.6. The molecule has 4 aromatic heterocycles. The third-order valence-electron chi connectivity index (χ3n) is 13.4. The van der Waals surface area contributed by atoms with E-state index in [0.29, 0.717) is 71.9 Å². The van der Waals surface area contributed by atoms with Gasteiger partial charge in [-0.2, -0.15) is 15.2 Å². The standard InChI is InChI=1S/C51H57ClN10O3/c1-32-10-14-39(41(24-32)49(63)61-21-6-8-35(4)45(61)29-54-48-17-12-34(3)27-53-48)37-28-57-60(31-37)23-19-36-9-7-22-62(46(36)30-55-51-58-43-26-38(52)13-16-47(43)65-51)50(64)42-25-33(2)11-15-40(42)44-18-20-56-59(44)5/h10-18,20,24-28,31,35-36,45-46H,6-9,19,21-23,29-30H2,1-5H3,(H,53,54)(H,55,58). The molecule has 14 heteroatoms. The summed E-state index contributed by atoms with van der Waals surface area (Å²) in [6, 6.07) is 23.8. The molecule has 2 aliphatic heterocycles. The molecule has 4 atom stereocenters. The van der Waals surface area contributed by atoms with Crippen LogP contribution in [-0.2, 0) is 13.6 Å². The molecule has 2 fully saturated rings. The van der Waals surface area contributed by atoms with E-state index in [0.717, 1.165) is 77.0 Å². The molecule has 7 aromatic rings. The number of carbonyl (C=O) groups is 2. The number of aromatic nitrogens is 6. The second kappa shape index (κ2) is 18.9. The summed E-state index contributed by atoms with van der Waals surface area (Å²) in [5.74, 6) is 1.30. The molecule has 3 aromatic carbocycles. The average Bonchev–Trinajstić information content (AvgIpc) is 4.07. The summed E-state index contributed by atoms with van der Waals surface area (Å²) >= 11 is 6.27. The van der Waals surface area contributed by atoms with E-state index in [-0.39, 0.29) is 29.8 Å². The normalized spacial score (nSPS) is 18.9. The molecule has 6 heterocycles. The fourth-order valence-electron chi connectivity index (χ4n) is 9.78. The molecular weight excluding hydrogens is 836 g/mol. The first-order valence-electron chi connectivity index (χ1n) is 22.8. The van der Waals surface area contributed by atoms with Crippen LogP contribution in [0.3, 0.4) is 0 Å². The number of oxazole rings is 1. The molecule has 0 radical (unpaired) electrons. The minimum atomic E-state index is -0.178. The maximum absolute atomic E-state index is 14.9. The topological polar surface area (TPSA) is 139 Å². The number of nitrogens with zero attached hydrogens (tertiary/aromatic N) is 8. The molecule has 13 nitrogen and oxygen atoms in total. The number of likely N-dealkylation sites (tertiary alicyclic amines) is 2. The van der Waals surface area contributed by atoms with Crippen LogP contribution in [0.15, 0.2) is 102 Å².